The fourth-order valence-corrected chi connectivity index (χ4v) is 2.11. The van der Waals surface area contributed by atoms with Gasteiger partial charge in [0.15, 0.2) is 6.61 Å². The number of carbonyl (C=O) groups excluding carboxylic acids is 2. The van der Waals surface area contributed by atoms with Gasteiger partial charge in [0.2, 0.25) is 5.91 Å². The third-order valence-corrected chi connectivity index (χ3v) is 3.75. The van der Waals surface area contributed by atoms with Crippen LogP contribution in [-0.4, -0.2) is 18.4 Å². The van der Waals surface area contributed by atoms with Crippen LogP contribution in [0.15, 0.2) is 48.5 Å². The second-order valence-corrected chi connectivity index (χ2v) is 5.69. The average molecular weight is 347 g/mol. The van der Waals surface area contributed by atoms with Gasteiger partial charge in [-0.3, -0.25) is 20.4 Å². The van der Waals surface area contributed by atoms with Gasteiger partial charge < -0.3 is 4.74 Å². The molecule has 0 aliphatic carbocycles. The van der Waals surface area contributed by atoms with Crippen LogP contribution in [0.5, 0.6) is 5.75 Å². The third-order valence-electron chi connectivity index (χ3n) is 3.32. The number of amides is 2. The maximum atomic E-state index is 11.7. The summed E-state index contributed by atoms with van der Waals surface area (Å²) in [6.07, 6.45) is 0.907. The molecule has 0 aromatic heterocycles. The average Bonchev–Trinajstić information content (AvgIpc) is 2.60. The summed E-state index contributed by atoms with van der Waals surface area (Å²) in [5.41, 5.74) is 6.63. The van der Waals surface area contributed by atoms with Crippen molar-refractivity contribution in [2.75, 3.05) is 6.61 Å². The second-order valence-electron chi connectivity index (χ2n) is 5.28. The second kappa shape index (κ2) is 8.93. The van der Waals surface area contributed by atoms with Gasteiger partial charge in [-0.25, -0.2) is 0 Å². The minimum Gasteiger partial charge on any atom is -0.484 e. The molecule has 126 valence electrons. The van der Waals surface area contributed by atoms with Gasteiger partial charge in [0.05, 0.1) is 0 Å². The number of halogens is 1. The Bertz CT molecular complexity index is 705. The molecule has 0 radical (unpaired) electrons. The van der Waals surface area contributed by atoms with E-state index in [-0.39, 0.29) is 12.5 Å². The van der Waals surface area contributed by atoms with Crippen LogP contribution in [0.4, 0.5) is 0 Å². The molecule has 0 saturated heterocycles. The first-order valence-corrected chi connectivity index (χ1v) is 7.93. The van der Waals surface area contributed by atoms with Gasteiger partial charge in [0.25, 0.3) is 5.91 Å². The van der Waals surface area contributed by atoms with Gasteiger partial charge in [-0.15, -0.1) is 0 Å². The molecule has 0 fully saturated rings. The highest BCUT2D eigenvalue weighted by Crippen LogP contribution is 2.20. The van der Waals surface area contributed by atoms with Crippen molar-refractivity contribution in [1.82, 2.24) is 10.9 Å². The Balaban J connectivity index is 1.67. The van der Waals surface area contributed by atoms with Crippen molar-refractivity contribution in [2.45, 2.75) is 19.8 Å². The van der Waals surface area contributed by atoms with Gasteiger partial charge in [0, 0.05) is 11.4 Å². The normalized spacial score (nSPS) is 10.1. The Morgan fingerprint density at radius 1 is 1.04 bits per heavy atom. The zero-order valence-electron chi connectivity index (χ0n) is 13.3. The Hall–Kier alpha value is -2.53. The first kappa shape index (κ1) is 17.8. The summed E-state index contributed by atoms with van der Waals surface area (Å²) in [6.45, 7) is 1.66. The zero-order chi connectivity index (χ0) is 17.4. The van der Waals surface area contributed by atoms with Crippen LogP contribution >= 0.6 is 11.6 Å². The van der Waals surface area contributed by atoms with Crippen molar-refractivity contribution in [3.8, 4) is 5.75 Å². The fraction of sp³-hybridized carbons (Fsp3) is 0.222. The summed E-state index contributed by atoms with van der Waals surface area (Å²) < 4.78 is 5.34. The smallest absolute Gasteiger partial charge is 0.276 e. The summed E-state index contributed by atoms with van der Waals surface area (Å²) in [5.74, 6) is -0.146. The molecular weight excluding hydrogens is 328 g/mol. The number of hydrogen-bond acceptors (Lipinski definition) is 3. The van der Waals surface area contributed by atoms with E-state index in [1.165, 1.54) is 0 Å². The van der Waals surface area contributed by atoms with Crippen LogP contribution < -0.4 is 15.6 Å². The molecule has 0 aliphatic rings. The van der Waals surface area contributed by atoms with Gasteiger partial charge in [0.1, 0.15) is 5.75 Å². The Morgan fingerprint density at radius 2 is 1.75 bits per heavy atom. The molecule has 6 heteroatoms. The fourth-order valence-electron chi connectivity index (χ4n) is 2.00. The highest BCUT2D eigenvalue weighted by Gasteiger charge is 2.06. The minimum atomic E-state index is -0.435. The van der Waals surface area contributed by atoms with E-state index >= 15 is 0 Å². The van der Waals surface area contributed by atoms with E-state index in [4.69, 9.17) is 16.3 Å². The van der Waals surface area contributed by atoms with E-state index in [9.17, 15) is 9.59 Å². The maximum absolute atomic E-state index is 11.7. The van der Waals surface area contributed by atoms with E-state index in [2.05, 4.69) is 10.9 Å². The topological polar surface area (TPSA) is 67.4 Å². The molecule has 2 N–H and O–H groups in total. The highest BCUT2D eigenvalue weighted by atomic mass is 35.5. The summed E-state index contributed by atoms with van der Waals surface area (Å²) >= 11 is 5.92. The molecule has 0 saturated carbocycles. The van der Waals surface area contributed by atoms with E-state index in [1.54, 1.807) is 18.2 Å². The van der Waals surface area contributed by atoms with Crippen molar-refractivity contribution in [3.05, 3.63) is 64.7 Å². The largest absolute Gasteiger partial charge is 0.484 e. The molecule has 0 heterocycles. The van der Waals surface area contributed by atoms with Crippen LogP contribution in [0.25, 0.3) is 0 Å². The number of carbonyl (C=O) groups is 2. The Morgan fingerprint density at radius 3 is 2.46 bits per heavy atom. The number of ether oxygens (including phenoxy) is 1. The summed E-state index contributed by atoms with van der Waals surface area (Å²) in [7, 11) is 0. The van der Waals surface area contributed by atoms with Crippen LogP contribution in [0.2, 0.25) is 5.02 Å². The standard InChI is InChI=1S/C18H19ClN2O3/c1-13-11-15(8-9-16(13)19)24-12-18(23)21-20-17(22)10-7-14-5-3-2-4-6-14/h2-6,8-9,11H,7,10,12H2,1H3,(H,20,22)(H,21,23). The van der Waals surface area contributed by atoms with Crippen LogP contribution in [-0.2, 0) is 16.0 Å². The first-order valence-electron chi connectivity index (χ1n) is 7.55. The van der Waals surface area contributed by atoms with Gasteiger partial charge in [-0.1, -0.05) is 41.9 Å². The first-order chi connectivity index (χ1) is 11.5. The van der Waals surface area contributed by atoms with Crippen molar-refractivity contribution < 1.29 is 14.3 Å². The molecular formula is C18H19ClN2O3. The van der Waals surface area contributed by atoms with Crippen LogP contribution in [0, 0.1) is 6.92 Å². The molecule has 2 aromatic rings. The SMILES string of the molecule is Cc1cc(OCC(=O)NNC(=O)CCc2ccccc2)ccc1Cl. The lowest BCUT2D eigenvalue weighted by Crippen LogP contribution is -2.43. The predicted molar refractivity (Wildman–Crippen MR) is 92.7 cm³/mol. The maximum Gasteiger partial charge on any atom is 0.276 e. The van der Waals surface area contributed by atoms with Gasteiger partial charge >= 0.3 is 0 Å². The van der Waals surface area contributed by atoms with Crippen molar-refractivity contribution in [2.24, 2.45) is 0 Å². The molecule has 2 amide bonds. The number of rotatable bonds is 6. The third kappa shape index (κ3) is 5.93. The van der Waals surface area contributed by atoms with Gasteiger partial charge in [-0.05, 0) is 42.7 Å². The summed E-state index contributed by atoms with van der Waals surface area (Å²) in [4.78, 5) is 23.4. The molecule has 0 atom stereocenters. The highest BCUT2D eigenvalue weighted by molar-refractivity contribution is 6.31. The van der Waals surface area contributed by atoms with E-state index < -0.39 is 5.91 Å². The predicted octanol–water partition coefficient (Wildman–Crippen LogP) is 2.81. The molecule has 0 bridgehead atoms. The van der Waals surface area contributed by atoms with E-state index in [1.807, 2.05) is 37.3 Å². The monoisotopic (exact) mass is 346 g/mol. The van der Waals surface area contributed by atoms with E-state index in [0.717, 1.165) is 11.1 Å². The lowest BCUT2D eigenvalue weighted by atomic mass is 10.1. The minimum absolute atomic E-state index is 0.194. The Kier molecular flexibility index (Phi) is 6.63. The Labute approximate surface area is 145 Å². The van der Waals surface area contributed by atoms with E-state index in [0.29, 0.717) is 23.6 Å². The van der Waals surface area contributed by atoms with Crippen LogP contribution in [0.3, 0.4) is 0 Å². The molecule has 2 aromatic carbocycles. The zero-order valence-corrected chi connectivity index (χ0v) is 14.1. The number of benzene rings is 2. The molecule has 24 heavy (non-hydrogen) atoms. The number of hydrogen-bond donors (Lipinski definition) is 2. The summed E-state index contributed by atoms with van der Waals surface area (Å²) in [6, 6.07) is 14.8. The van der Waals surface area contributed by atoms with Crippen molar-refractivity contribution >= 4 is 23.4 Å². The molecule has 0 spiro atoms. The van der Waals surface area contributed by atoms with Crippen LogP contribution in [0.1, 0.15) is 17.5 Å². The lowest BCUT2D eigenvalue weighted by Gasteiger charge is -2.09. The van der Waals surface area contributed by atoms with Crippen molar-refractivity contribution in [1.29, 1.82) is 0 Å². The van der Waals surface area contributed by atoms with Gasteiger partial charge in [-0.2, -0.15) is 0 Å². The quantitative estimate of drug-likeness (QED) is 0.790. The molecule has 5 nitrogen and oxygen atoms in total. The molecule has 0 unspecified atom stereocenters. The molecule has 0 aliphatic heterocycles. The number of aryl methyl sites for hydroxylation is 2. The number of nitrogens with one attached hydrogen (secondary N) is 2. The molecule has 2 rings (SSSR count). The summed E-state index contributed by atoms with van der Waals surface area (Å²) in [5, 5.41) is 0.637. The number of hydrazine groups is 1. The lowest BCUT2D eigenvalue weighted by molar-refractivity contribution is -0.130. The van der Waals surface area contributed by atoms with Crippen molar-refractivity contribution in [3.63, 3.8) is 0 Å².